The Labute approximate surface area is 114 Å². The summed E-state index contributed by atoms with van der Waals surface area (Å²) in [7, 11) is -4.57. The molecule has 0 aliphatic rings. The van der Waals surface area contributed by atoms with Gasteiger partial charge in [-0.25, -0.2) is 0 Å². The number of rotatable bonds is 3. The minimum absolute atomic E-state index is 0. The van der Waals surface area contributed by atoms with Crippen molar-refractivity contribution >= 4 is 19.2 Å². The van der Waals surface area contributed by atoms with Crippen LogP contribution in [-0.2, 0) is 4.57 Å². The Morgan fingerprint density at radius 3 is 1.91 bits per heavy atom. The van der Waals surface area contributed by atoms with Crippen molar-refractivity contribution in [2.45, 2.75) is 6.10 Å². The van der Waals surface area contributed by atoms with Gasteiger partial charge >= 0.3 is 59.1 Å². The molecule has 0 saturated carbocycles. The van der Waals surface area contributed by atoms with Crippen molar-refractivity contribution in [3.8, 4) is 0 Å². The maximum Gasteiger partial charge on any atom is 1.00 e. The third-order valence-electron chi connectivity index (χ3n) is 0.612. The van der Waals surface area contributed by atoms with E-state index in [0.29, 0.717) is 0 Å². The summed E-state index contributed by atoms with van der Waals surface area (Å²) in [6.45, 7) is 0. The molecule has 0 heterocycles. The molecule has 0 fully saturated rings. The number of alkyl halides is 1. The molecule has 0 aromatic heterocycles. The third-order valence-corrected chi connectivity index (χ3v) is 1.84. The molecular formula is C3H6ClNa2O4P. The fourth-order valence-corrected chi connectivity index (χ4v) is 1.21. The molecule has 0 aromatic rings. The average molecular weight is 218 g/mol. The summed E-state index contributed by atoms with van der Waals surface area (Å²) in [6.07, 6.45) is -2.01. The van der Waals surface area contributed by atoms with Crippen molar-refractivity contribution in [3.05, 3.63) is 0 Å². The summed E-state index contributed by atoms with van der Waals surface area (Å²) < 4.78 is 9.85. The second kappa shape index (κ2) is 8.97. The maximum atomic E-state index is 9.85. The molecule has 0 spiro atoms. The summed E-state index contributed by atoms with van der Waals surface area (Å²) in [5.41, 5.74) is 0. The molecular weight excluding hydrogens is 212 g/mol. The first kappa shape index (κ1) is 19.0. The predicted molar refractivity (Wildman–Crippen MR) is 29.2 cm³/mol. The van der Waals surface area contributed by atoms with Crippen LogP contribution in [0.5, 0.6) is 0 Å². The molecule has 0 aliphatic heterocycles. The first-order valence-corrected chi connectivity index (χ1v) is 4.47. The summed E-state index contributed by atoms with van der Waals surface area (Å²) in [6, 6.07) is 0. The molecule has 56 valence electrons. The van der Waals surface area contributed by atoms with Crippen LogP contribution in [0.2, 0.25) is 0 Å². The van der Waals surface area contributed by atoms with Crippen LogP contribution >= 0.6 is 19.2 Å². The zero-order chi connectivity index (χ0) is 7.49. The molecule has 0 aliphatic carbocycles. The van der Waals surface area contributed by atoms with E-state index >= 15 is 0 Å². The molecule has 0 saturated heterocycles. The Bertz CT molecular complexity index is 129. The molecule has 0 bridgehead atoms. The van der Waals surface area contributed by atoms with E-state index in [-0.39, 0.29) is 65.0 Å². The molecule has 0 aromatic carbocycles. The van der Waals surface area contributed by atoms with Gasteiger partial charge in [0.05, 0.1) is 6.10 Å². The maximum absolute atomic E-state index is 9.85. The smallest absolute Gasteiger partial charge is 0.811 e. The van der Waals surface area contributed by atoms with Crippen molar-refractivity contribution in [1.82, 2.24) is 0 Å². The number of aliphatic hydroxyl groups is 1. The van der Waals surface area contributed by atoms with E-state index in [1.54, 1.807) is 0 Å². The zero-order valence-corrected chi connectivity index (χ0v) is 12.1. The molecule has 8 heteroatoms. The molecule has 4 nitrogen and oxygen atoms in total. The molecule has 0 radical (unpaired) electrons. The van der Waals surface area contributed by atoms with Gasteiger partial charge in [-0.1, -0.05) is 7.60 Å². The van der Waals surface area contributed by atoms with Crippen molar-refractivity contribution < 1.29 is 78.6 Å². The standard InChI is InChI=1S/C3H8ClO4P.2Na/c4-1-3(5)2-9(6,7)8;;/h3,5H,1-2H2,(H2,6,7,8);;/q;2*+1/p-2. The van der Waals surface area contributed by atoms with E-state index in [4.69, 9.17) is 16.7 Å². The van der Waals surface area contributed by atoms with Gasteiger partial charge in [-0.05, 0) is 0 Å². The van der Waals surface area contributed by atoms with Crippen molar-refractivity contribution in [2.24, 2.45) is 0 Å². The average Bonchev–Trinajstić information content (AvgIpc) is 1.62. The van der Waals surface area contributed by atoms with Crippen LogP contribution < -0.4 is 68.9 Å². The number of halogens is 1. The van der Waals surface area contributed by atoms with E-state index in [2.05, 4.69) is 0 Å². The van der Waals surface area contributed by atoms with Gasteiger partial charge in [-0.2, -0.15) is 0 Å². The molecule has 0 rings (SSSR count). The number of hydrogen-bond acceptors (Lipinski definition) is 4. The minimum atomic E-state index is -4.57. The van der Waals surface area contributed by atoms with Gasteiger partial charge in [0.1, 0.15) is 0 Å². The monoisotopic (exact) mass is 218 g/mol. The van der Waals surface area contributed by atoms with Crippen LogP contribution in [-0.4, -0.2) is 23.3 Å². The normalized spacial score (nSPS) is 12.7. The van der Waals surface area contributed by atoms with Crippen LogP contribution in [0.4, 0.5) is 0 Å². The SMILES string of the molecule is O=P([O-])([O-])CC(O)CCl.[Na+].[Na+]. The first-order valence-electron chi connectivity index (χ1n) is 2.21. The molecule has 1 N–H and O–H groups in total. The predicted octanol–water partition coefficient (Wildman–Crippen LogP) is -7.49. The van der Waals surface area contributed by atoms with Gasteiger partial charge in [-0.3, -0.25) is 0 Å². The Balaban J connectivity index is -0.000000320. The number of aliphatic hydroxyl groups excluding tert-OH is 1. The van der Waals surface area contributed by atoms with Crippen molar-refractivity contribution in [1.29, 1.82) is 0 Å². The zero-order valence-electron chi connectivity index (χ0n) is 6.49. The Kier molecular flexibility index (Phi) is 15.5. The molecule has 0 amide bonds. The third kappa shape index (κ3) is 15.2. The minimum Gasteiger partial charge on any atom is -0.811 e. The van der Waals surface area contributed by atoms with Gasteiger partial charge < -0.3 is 19.5 Å². The topological polar surface area (TPSA) is 83.4 Å². The van der Waals surface area contributed by atoms with Gasteiger partial charge in [0.2, 0.25) is 0 Å². The van der Waals surface area contributed by atoms with E-state index in [0.717, 1.165) is 0 Å². The van der Waals surface area contributed by atoms with Crippen LogP contribution in [0, 0.1) is 0 Å². The summed E-state index contributed by atoms with van der Waals surface area (Å²) in [5.74, 6) is -0.228. The van der Waals surface area contributed by atoms with Crippen LogP contribution in [0.15, 0.2) is 0 Å². The Morgan fingerprint density at radius 1 is 1.45 bits per heavy atom. The first-order chi connectivity index (χ1) is 3.95. The molecule has 11 heavy (non-hydrogen) atoms. The fourth-order valence-electron chi connectivity index (χ4n) is 0.307. The summed E-state index contributed by atoms with van der Waals surface area (Å²) in [5, 5.41) is 8.49. The van der Waals surface area contributed by atoms with Gasteiger partial charge in [0, 0.05) is 12.0 Å². The quantitative estimate of drug-likeness (QED) is 0.290. The molecule has 1 atom stereocenters. The largest absolute Gasteiger partial charge is 1.00 e. The molecule has 1 unspecified atom stereocenters. The van der Waals surface area contributed by atoms with Crippen molar-refractivity contribution in [2.75, 3.05) is 12.0 Å². The number of hydrogen-bond donors (Lipinski definition) is 1. The van der Waals surface area contributed by atoms with E-state index < -0.39 is 19.9 Å². The summed E-state index contributed by atoms with van der Waals surface area (Å²) >= 11 is 5.01. The van der Waals surface area contributed by atoms with Gasteiger partial charge in [-0.15, -0.1) is 11.6 Å². The van der Waals surface area contributed by atoms with E-state index in [9.17, 15) is 14.4 Å². The Hall–Kier alpha value is 2.40. The summed E-state index contributed by atoms with van der Waals surface area (Å²) in [4.78, 5) is 19.7. The Morgan fingerprint density at radius 2 is 1.82 bits per heavy atom. The second-order valence-electron chi connectivity index (χ2n) is 1.60. The fraction of sp³-hybridized carbons (Fsp3) is 1.00. The van der Waals surface area contributed by atoms with Crippen LogP contribution in [0.3, 0.4) is 0 Å². The van der Waals surface area contributed by atoms with Gasteiger partial charge in [0.15, 0.2) is 0 Å². The van der Waals surface area contributed by atoms with E-state index in [1.165, 1.54) is 0 Å². The van der Waals surface area contributed by atoms with Crippen LogP contribution in [0.25, 0.3) is 0 Å². The second-order valence-corrected chi connectivity index (χ2v) is 3.50. The van der Waals surface area contributed by atoms with Crippen LogP contribution in [0.1, 0.15) is 0 Å². The van der Waals surface area contributed by atoms with E-state index in [1.807, 2.05) is 0 Å². The van der Waals surface area contributed by atoms with Gasteiger partial charge in [0.25, 0.3) is 0 Å². The van der Waals surface area contributed by atoms with Crippen molar-refractivity contribution in [3.63, 3.8) is 0 Å².